The molecule has 0 atom stereocenters. The molecular formula is C8H8O2S2. The average Bonchev–Trinajstić information content (AvgIpc) is 2.08. The number of carbonyl (C=O) groups excluding carboxylic acids is 1. The van der Waals surface area contributed by atoms with Crippen LogP contribution in [0.4, 0.5) is 0 Å². The Balaban J connectivity index is 3.05. The Bertz CT molecular complexity index is 310. The van der Waals surface area contributed by atoms with Gasteiger partial charge in [-0.1, -0.05) is 11.8 Å². The number of phenols is 1. The molecule has 0 saturated carbocycles. The van der Waals surface area contributed by atoms with Gasteiger partial charge in [-0.25, -0.2) is 0 Å². The highest BCUT2D eigenvalue weighted by molar-refractivity contribution is 8.13. The molecule has 2 nitrogen and oxygen atoms in total. The van der Waals surface area contributed by atoms with Gasteiger partial charge in [-0.3, -0.25) is 4.79 Å². The van der Waals surface area contributed by atoms with Crippen LogP contribution in [-0.2, 0) is 0 Å². The molecule has 0 aromatic heterocycles. The molecule has 0 amide bonds. The molecule has 1 aromatic carbocycles. The molecular weight excluding hydrogens is 192 g/mol. The van der Waals surface area contributed by atoms with E-state index in [1.165, 1.54) is 6.07 Å². The maximum absolute atomic E-state index is 11.1. The number of phenolic OH excluding ortho intramolecular Hbond substituents is 1. The Morgan fingerprint density at radius 2 is 2.25 bits per heavy atom. The van der Waals surface area contributed by atoms with Crippen LogP contribution in [0.15, 0.2) is 23.1 Å². The molecule has 64 valence electrons. The minimum Gasteiger partial charge on any atom is -0.507 e. The maximum atomic E-state index is 11.1. The summed E-state index contributed by atoms with van der Waals surface area (Å²) in [5.41, 5.74) is 0.498. The Kier molecular flexibility index (Phi) is 3.05. The summed E-state index contributed by atoms with van der Waals surface area (Å²) < 4.78 is 0. The van der Waals surface area contributed by atoms with E-state index in [0.29, 0.717) is 10.5 Å². The first-order chi connectivity index (χ1) is 5.65. The molecule has 0 aliphatic heterocycles. The lowest BCUT2D eigenvalue weighted by Crippen LogP contribution is -1.91. The third-order valence-corrected chi connectivity index (χ3v) is 2.38. The van der Waals surface area contributed by atoms with Crippen LogP contribution in [0.1, 0.15) is 10.4 Å². The zero-order valence-electron chi connectivity index (χ0n) is 6.44. The molecule has 0 spiro atoms. The van der Waals surface area contributed by atoms with Crippen molar-refractivity contribution in [2.45, 2.75) is 4.90 Å². The van der Waals surface area contributed by atoms with Crippen LogP contribution in [0.25, 0.3) is 0 Å². The second kappa shape index (κ2) is 3.87. The van der Waals surface area contributed by atoms with E-state index in [1.807, 2.05) is 0 Å². The van der Waals surface area contributed by atoms with Crippen molar-refractivity contribution in [3.63, 3.8) is 0 Å². The molecule has 12 heavy (non-hydrogen) atoms. The highest BCUT2D eigenvalue weighted by atomic mass is 32.2. The van der Waals surface area contributed by atoms with Gasteiger partial charge in [-0.2, -0.15) is 0 Å². The summed E-state index contributed by atoms with van der Waals surface area (Å²) in [4.78, 5) is 11.6. The topological polar surface area (TPSA) is 37.3 Å². The van der Waals surface area contributed by atoms with Crippen molar-refractivity contribution in [2.24, 2.45) is 0 Å². The summed E-state index contributed by atoms with van der Waals surface area (Å²) in [6.45, 7) is 0. The Morgan fingerprint density at radius 1 is 1.58 bits per heavy atom. The van der Waals surface area contributed by atoms with E-state index in [-0.39, 0.29) is 10.9 Å². The summed E-state index contributed by atoms with van der Waals surface area (Å²) in [5.74, 6) is 0.0400. The van der Waals surface area contributed by atoms with E-state index < -0.39 is 0 Å². The quantitative estimate of drug-likeness (QED) is 0.682. The second-order valence-electron chi connectivity index (χ2n) is 2.20. The average molecular weight is 200 g/mol. The third kappa shape index (κ3) is 1.95. The van der Waals surface area contributed by atoms with E-state index in [1.54, 1.807) is 18.4 Å². The van der Waals surface area contributed by atoms with Gasteiger partial charge in [0.15, 0.2) is 0 Å². The van der Waals surface area contributed by atoms with Crippen molar-refractivity contribution >= 4 is 29.5 Å². The van der Waals surface area contributed by atoms with Crippen LogP contribution in [0.3, 0.4) is 0 Å². The summed E-state index contributed by atoms with van der Waals surface area (Å²) in [6, 6.07) is 4.66. The zero-order chi connectivity index (χ0) is 9.14. The lowest BCUT2D eigenvalue weighted by Gasteiger charge is -2.00. The van der Waals surface area contributed by atoms with Gasteiger partial charge < -0.3 is 5.11 Å². The number of thioether (sulfide) groups is 1. The molecule has 0 saturated heterocycles. The number of thiol groups is 1. The highest BCUT2D eigenvalue weighted by Crippen LogP contribution is 2.23. The van der Waals surface area contributed by atoms with Crippen molar-refractivity contribution in [3.05, 3.63) is 23.8 Å². The first-order valence-corrected chi connectivity index (χ1v) is 4.92. The number of carbonyl (C=O) groups is 1. The van der Waals surface area contributed by atoms with E-state index in [2.05, 4.69) is 12.6 Å². The lowest BCUT2D eigenvalue weighted by molar-refractivity contribution is 0.108. The molecule has 0 heterocycles. The number of benzene rings is 1. The van der Waals surface area contributed by atoms with Crippen molar-refractivity contribution < 1.29 is 9.90 Å². The summed E-state index contributed by atoms with van der Waals surface area (Å²) in [6.07, 6.45) is 1.70. The minimum atomic E-state index is -0.0568. The predicted octanol–water partition coefficient (Wildman–Crippen LogP) is 2.18. The fourth-order valence-corrected chi connectivity index (χ4v) is 1.27. The van der Waals surface area contributed by atoms with Crippen molar-refractivity contribution in [1.82, 2.24) is 0 Å². The predicted molar refractivity (Wildman–Crippen MR) is 53.2 cm³/mol. The van der Waals surface area contributed by atoms with Crippen LogP contribution in [0.5, 0.6) is 5.75 Å². The monoisotopic (exact) mass is 200 g/mol. The molecule has 1 aromatic rings. The number of rotatable bonds is 1. The largest absolute Gasteiger partial charge is 0.507 e. The maximum Gasteiger partial charge on any atom is 0.219 e. The second-order valence-corrected chi connectivity index (χ2v) is 3.46. The molecule has 0 bridgehead atoms. The van der Waals surface area contributed by atoms with Gasteiger partial charge in [-0.05, 0) is 24.5 Å². The van der Waals surface area contributed by atoms with Crippen LogP contribution >= 0.6 is 24.4 Å². The number of hydrogen-bond acceptors (Lipinski definition) is 4. The zero-order valence-corrected chi connectivity index (χ0v) is 8.15. The minimum absolute atomic E-state index is 0.0400. The first kappa shape index (κ1) is 9.48. The van der Waals surface area contributed by atoms with Gasteiger partial charge in [0.1, 0.15) is 5.75 Å². The fourth-order valence-electron chi connectivity index (χ4n) is 0.768. The summed E-state index contributed by atoms with van der Waals surface area (Å²) in [7, 11) is 0. The molecule has 1 N–H and O–H groups in total. The fraction of sp³-hybridized carbons (Fsp3) is 0.125. The summed E-state index contributed by atoms with van der Waals surface area (Å²) in [5, 5.41) is 9.15. The standard InChI is InChI=1S/C8H8O2S2/c1-12-8(10)5-2-3-7(11)6(9)4-5/h2-4,9,11H,1H3. The van der Waals surface area contributed by atoms with Gasteiger partial charge >= 0.3 is 0 Å². The van der Waals surface area contributed by atoms with E-state index in [0.717, 1.165) is 11.8 Å². The lowest BCUT2D eigenvalue weighted by atomic mass is 10.2. The van der Waals surface area contributed by atoms with Crippen molar-refractivity contribution in [2.75, 3.05) is 6.26 Å². The van der Waals surface area contributed by atoms with Gasteiger partial charge in [0.25, 0.3) is 0 Å². The van der Waals surface area contributed by atoms with E-state index in [4.69, 9.17) is 0 Å². The molecule has 0 fully saturated rings. The van der Waals surface area contributed by atoms with Crippen molar-refractivity contribution in [3.8, 4) is 5.75 Å². The van der Waals surface area contributed by atoms with E-state index in [9.17, 15) is 9.90 Å². The summed E-state index contributed by atoms with van der Waals surface area (Å²) >= 11 is 5.09. The Morgan fingerprint density at radius 3 is 2.75 bits per heavy atom. The molecule has 0 aliphatic rings. The molecule has 0 aliphatic carbocycles. The van der Waals surface area contributed by atoms with Gasteiger partial charge in [0.05, 0.1) is 0 Å². The smallest absolute Gasteiger partial charge is 0.219 e. The Hall–Kier alpha value is -0.610. The van der Waals surface area contributed by atoms with Crippen LogP contribution in [0, 0.1) is 0 Å². The van der Waals surface area contributed by atoms with Gasteiger partial charge in [-0.15, -0.1) is 12.6 Å². The van der Waals surface area contributed by atoms with Gasteiger partial charge in [0, 0.05) is 10.5 Å². The van der Waals surface area contributed by atoms with Crippen LogP contribution in [-0.4, -0.2) is 16.5 Å². The highest BCUT2D eigenvalue weighted by Gasteiger charge is 2.05. The normalized spacial score (nSPS) is 9.83. The van der Waals surface area contributed by atoms with Crippen LogP contribution in [0.2, 0.25) is 0 Å². The molecule has 0 unspecified atom stereocenters. The van der Waals surface area contributed by atoms with Crippen LogP contribution < -0.4 is 0 Å². The third-order valence-electron chi connectivity index (χ3n) is 1.40. The molecule has 1 rings (SSSR count). The SMILES string of the molecule is CSC(=O)c1ccc(S)c(O)c1. The van der Waals surface area contributed by atoms with E-state index >= 15 is 0 Å². The molecule has 4 heteroatoms. The molecule has 0 radical (unpaired) electrons. The number of aromatic hydroxyl groups is 1. The first-order valence-electron chi connectivity index (χ1n) is 3.25. The number of hydrogen-bond donors (Lipinski definition) is 2. The Labute approximate surface area is 80.4 Å². The van der Waals surface area contributed by atoms with Gasteiger partial charge in [0.2, 0.25) is 5.12 Å². The van der Waals surface area contributed by atoms with Crippen molar-refractivity contribution in [1.29, 1.82) is 0 Å².